The standard InChI is InChI=1S/C18H17N3O3/c1-3-24-17-10-13(8-9-16(17)22)11-19-21-12(2)20-15-7-5-4-6-14(15)18(21)23/h4-11,22H,3H2,1-2H3/b19-11+. The van der Waals surface area contributed by atoms with Gasteiger partial charge in [-0.15, -0.1) is 0 Å². The van der Waals surface area contributed by atoms with Crippen molar-refractivity contribution >= 4 is 17.1 Å². The Morgan fingerprint density at radius 2 is 2.08 bits per heavy atom. The number of para-hydroxylation sites is 1. The summed E-state index contributed by atoms with van der Waals surface area (Å²) in [5, 5.41) is 14.5. The van der Waals surface area contributed by atoms with Crippen molar-refractivity contribution in [3.63, 3.8) is 0 Å². The number of hydrogen-bond donors (Lipinski definition) is 1. The van der Waals surface area contributed by atoms with Crippen LogP contribution in [0.25, 0.3) is 10.9 Å². The van der Waals surface area contributed by atoms with E-state index in [-0.39, 0.29) is 11.3 Å². The van der Waals surface area contributed by atoms with Gasteiger partial charge in [-0.05, 0) is 49.7 Å². The molecule has 1 aromatic heterocycles. The average molecular weight is 323 g/mol. The molecule has 0 spiro atoms. The monoisotopic (exact) mass is 323 g/mol. The van der Waals surface area contributed by atoms with Crippen molar-refractivity contribution in [2.45, 2.75) is 13.8 Å². The summed E-state index contributed by atoms with van der Waals surface area (Å²) in [4.78, 5) is 16.9. The first-order chi connectivity index (χ1) is 11.6. The van der Waals surface area contributed by atoms with Crippen LogP contribution < -0.4 is 10.3 Å². The van der Waals surface area contributed by atoms with E-state index in [2.05, 4.69) is 10.1 Å². The Bertz CT molecular complexity index is 977. The predicted molar refractivity (Wildman–Crippen MR) is 93.0 cm³/mol. The van der Waals surface area contributed by atoms with E-state index in [0.29, 0.717) is 34.6 Å². The molecule has 0 fully saturated rings. The highest BCUT2D eigenvalue weighted by molar-refractivity contribution is 5.81. The van der Waals surface area contributed by atoms with E-state index in [0.717, 1.165) is 0 Å². The molecule has 0 bridgehead atoms. The summed E-state index contributed by atoms with van der Waals surface area (Å²) < 4.78 is 6.60. The Balaban J connectivity index is 2.02. The van der Waals surface area contributed by atoms with Gasteiger partial charge in [-0.2, -0.15) is 9.78 Å². The highest BCUT2D eigenvalue weighted by Crippen LogP contribution is 2.26. The highest BCUT2D eigenvalue weighted by Gasteiger charge is 2.07. The third-order valence-corrected chi connectivity index (χ3v) is 3.52. The van der Waals surface area contributed by atoms with Crippen LogP contribution in [0.4, 0.5) is 0 Å². The van der Waals surface area contributed by atoms with Crippen LogP contribution >= 0.6 is 0 Å². The molecule has 122 valence electrons. The lowest BCUT2D eigenvalue weighted by atomic mass is 10.2. The van der Waals surface area contributed by atoms with Crippen molar-refractivity contribution in [3.8, 4) is 11.5 Å². The molecule has 0 aliphatic heterocycles. The quantitative estimate of drug-likeness (QED) is 0.749. The maximum absolute atomic E-state index is 12.5. The molecule has 0 radical (unpaired) electrons. The van der Waals surface area contributed by atoms with E-state index in [1.807, 2.05) is 13.0 Å². The Morgan fingerprint density at radius 1 is 1.29 bits per heavy atom. The molecule has 3 aromatic rings. The van der Waals surface area contributed by atoms with Crippen LogP contribution in [-0.4, -0.2) is 27.6 Å². The van der Waals surface area contributed by atoms with Crippen molar-refractivity contribution in [1.29, 1.82) is 0 Å². The molecule has 0 atom stereocenters. The van der Waals surface area contributed by atoms with Gasteiger partial charge in [0.2, 0.25) is 0 Å². The van der Waals surface area contributed by atoms with Crippen LogP contribution in [0, 0.1) is 6.92 Å². The molecule has 1 N–H and O–H groups in total. The van der Waals surface area contributed by atoms with E-state index in [4.69, 9.17) is 4.74 Å². The van der Waals surface area contributed by atoms with Crippen LogP contribution in [-0.2, 0) is 0 Å². The number of fused-ring (bicyclic) bond motifs is 1. The fourth-order valence-corrected chi connectivity index (χ4v) is 2.38. The summed E-state index contributed by atoms with van der Waals surface area (Å²) in [6, 6.07) is 12.0. The van der Waals surface area contributed by atoms with Crippen LogP contribution in [0.1, 0.15) is 18.3 Å². The zero-order valence-electron chi connectivity index (χ0n) is 13.4. The third-order valence-electron chi connectivity index (χ3n) is 3.52. The number of phenolic OH excluding ortho intramolecular Hbond substituents is 1. The van der Waals surface area contributed by atoms with Crippen LogP contribution in [0.3, 0.4) is 0 Å². The van der Waals surface area contributed by atoms with Gasteiger partial charge < -0.3 is 9.84 Å². The van der Waals surface area contributed by atoms with Gasteiger partial charge in [-0.25, -0.2) is 4.98 Å². The topological polar surface area (TPSA) is 76.7 Å². The van der Waals surface area contributed by atoms with Gasteiger partial charge in [0.25, 0.3) is 5.56 Å². The highest BCUT2D eigenvalue weighted by atomic mass is 16.5. The summed E-state index contributed by atoms with van der Waals surface area (Å²) >= 11 is 0. The van der Waals surface area contributed by atoms with Crippen molar-refractivity contribution in [2.75, 3.05) is 6.61 Å². The molecule has 0 aliphatic carbocycles. The molecule has 1 heterocycles. The number of aromatic hydroxyl groups is 1. The largest absolute Gasteiger partial charge is 0.504 e. The number of nitrogens with zero attached hydrogens (tertiary/aromatic N) is 3. The molecule has 0 saturated heterocycles. The zero-order valence-corrected chi connectivity index (χ0v) is 13.4. The first-order valence-corrected chi connectivity index (χ1v) is 7.58. The number of aromatic nitrogens is 2. The molecule has 6 nitrogen and oxygen atoms in total. The van der Waals surface area contributed by atoms with E-state index < -0.39 is 0 Å². The minimum atomic E-state index is -0.224. The van der Waals surface area contributed by atoms with Crippen molar-refractivity contribution < 1.29 is 9.84 Å². The lowest BCUT2D eigenvalue weighted by molar-refractivity contribution is 0.318. The first-order valence-electron chi connectivity index (χ1n) is 7.58. The van der Waals surface area contributed by atoms with Crippen LogP contribution in [0.15, 0.2) is 52.4 Å². The molecule has 0 aliphatic rings. The number of hydrogen-bond acceptors (Lipinski definition) is 5. The van der Waals surface area contributed by atoms with Gasteiger partial charge in [0.1, 0.15) is 5.82 Å². The molecule has 6 heteroatoms. The summed E-state index contributed by atoms with van der Waals surface area (Å²) in [6.45, 7) is 4.01. The zero-order chi connectivity index (χ0) is 17.1. The number of rotatable bonds is 4. The molecule has 0 amide bonds. The first kappa shape index (κ1) is 15.7. The van der Waals surface area contributed by atoms with Crippen LogP contribution in [0.2, 0.25) is 0 Å². The maximum Gasteiger partial charge on any atom is 0.282 e. The van der Waals surface area contributed by atoms with E-state index in [1.165, 1.54) is 17.0 Å². The Labute approximate surface area is 138 Å². The SMILES string of the molecule is CCOc1cc(/C=N/n2c(C)nc3ccccc3c2=O)ccc1O. The fraction of sp³-hybridized carbons (Fsp3) is 0.167. The second kappa shape index (κ2) is 6.54. The normalized spacial score (nSPS) is 11.2. The van der Waals surface area contributed by atoms with Crippen molar-refractivity contribution in [1.82, 2.24) is 9.66 Å². The Kier molecular flexibility index (Phi) is 4.29. The smallest absolute Gasteiger partial charge is 0.282 e. The molecule has 2 aromatic carbocycles. The second-order valence-electron chi connectivity index (χ2n) is 5.20. The molecule has 0 saturated carbocycles. The number of ether oxygens (including phenoxy) is 1. The summed E-state index contributed by atoms with van der Waals surface area (Å²) in [5.41, 5.74) is 1.13. The van der Waals surface area contributed by atoms with Gasteiger partial charge in [-0.1, -0.05) is 12.1 Å². The lowest BCUT2D eigenvalue weighted by Crippen LogP contribution is -2.20. The van der Waals surface area contributed by atoms with Gasteiger partial charge in [0.05, 0.1) is 23.7 Å². The Morgan fingerprint density at radius 3 is 2.88 bits per heavy atom. The third kappa shape index (κ3) is 2.99. The minimum Gasteiger partial charge on any atom is -0.504 e. The number of phenols is 1. The van der Waals surface area contributed by atoms with E-state index in [9.17, 15) is 9.90 Å². The van der Waals surface area contributed by atoms with Gasteiger partial charge >= 0.3 is 0 Å². The average Bonchev–Trinajstić information content (AvgIpc) is 2.57. The molecule has 0 unspecified atom stereocenters. The van der Waals surface area contributed by atoms with Gasteiger partial charge in [0.15, 0.2) is 11.5 Å². The maximum atomic E-state index is 12.5. The second-order valence-corrected chi connectivity index (χ2v) is 5.20. The molecular formula is C18H17N3O3. The molecular weight excluding hydrogens is 306 g/mol. The van der Waals surface area contributed by atoms with E-state index >= 15 is 0 Å². The van der Waals surface area contributed by atoms with Crippen LogP contribution in [0.5, 0.6) is 11.5 Å². The summed E-state index contributed by atoms with van der Waals surface area (Å²) in [6.07, 6.45) is 1.53. The van der Waals surface area contributed by atoms with Crippen molar-refractivity contribution in [3.05, 3.63) is 64.2 Å². The molecule has 3 rings (SSSR count). The summed E-state index contributed by atoms with van der Waals surface area (Å²) in [5.74, 6) is 0.940. The van der Waals surface area contributed by atoms with Gasteiger partial charge in [0, 0.05) is 0 Å². The lowest BCUT2D eigenvalue weighted by Gasteiger charge is -2.07. The summed E-state index contributed by atoms with van der Waals surface area (Å²) in [7, 11) is 0. The number of aryl methyl sites for hydroxylation is 1. The minimum absolute atomic E-state index is 0.0646. The fourth-order valence-electron chi connectivity index (χ4n) is 2.38. The molecule has 24 heavy (non-hydrogen) atoms. The van der Waals surface area contributed by atoms with E-state index in [1.54, 1.807) is 37.3 Å². The number of benzene rings is 2. The van der Waals surface area contributed by atoms with Gasteiger partial charge in [-0.3, -0.25) is 4.79 Å². The Hall–Kier alpha value is -3.15. The van der Waals surface area contributed by atoms with Crippen molar-refractivity contribution in [2.24, 2.45) is 5.10 Å². The predicted octanol–water partition coefficient (Wildman–Crippen LogP) is 2.69.